The summed E-state index contributed by atoms with van der Waals surface area (Å²) in [6.45, 7) is 31.1. The minimum Gasteiger partial charge on any atom is -0.507 e. The molecule has 0 bridgehead atoms. The predicted octanol–water partition coefficient (Wildman–Crippen LogP) is 15.0. The van der Waals surface area contributed by atoms with Crippen molar-refractivity contribution >= 4 is 32.2 Å². The highest BCUT2D eigenvalue weighted by atomic mass is 32.1. The highest BCUT2D eigenvalue weighted by Gasteiger charge is 2.27. The number of pyridine rings is 2. The molecule has 4 aromatic carbocycles. The summed E-state index contributed by atoms with van der Waals surface area (Å²) in [7, 11) is 0. The number of hydrogen-bond acceptors (Lipinski definition) is 4. The molecule has 0 saturated heterocycles. The van der Waals surface area contributed by atoms with Crippen molar-refractivity contribution in [2.75, 3.05) is 0 Å². The van der Waals surface area contributed by atoms with E-state index in [1.165, 1.54) is 43.5 Å². The molecule has 3 aromatic heterocycles. The summed E-state index contributed by atoms with van der Waals surface area (Å²) in [5.74, 6) is 0.292. The van der Waals surface area contributed by atoms with Crippen molar-refractivity contribution in [3.05, 3.63) is 124 Å². The Kier molecular flexibility index (Phi) is 9.64. The first-order chi connectivity index (χ1) is 26.0. The molecule has 4 heteroatoms. The highest BCUT2D eigenvalue weighted by Crippen LogP contribution is 2.45. The van der Waals surface area contributed by atoms with Gasteiger partial charge in [-0.25, -0.2) is 9.97 Å². The Morgan fingerprint density at radius 1 is 0.518 bits per heavy atom. The van der Waals surface area contributed by atoms with Crippen LogP contribution in [0.3, 0.4) is 0 Å². The second-order valence-electron chi connectivity index (χ2n) is 20.0. The minimum absolute atomic E-state index is 0.0681. The summed E-state index contributed by atoms with van der Waals surface area (Å²) < 4.78 is 1.16. The van der Waals surface area contributed by atoms with Gasteiger partial charge in [-0.05, 0) is 128 Å². The maximum absolute atomic E-state index is 11.9. The van der Waals surface area contributed by atoms with E-state index in [0.717, 1.165) is 55.1 Å². The molecule has 7 aromatic rings. The van der Waals surface area contributed by atoms with Gasteiger partial charge in [-0.3, -0.25) is 0 Å². The van der Waals surface area contributed by atoms with Gasteiger partial charge in [-0.15, -0.1) is 11.3 Å². The number of aromatic nitrogens is 2. The number of phenolic OH excluding ortho intramolecular Hbond substituents is 1. The molecule has 0 aliphatic carbocycles. The van der Waals surface area contributed by atoms with Crippen LogP contribution in [0.25, 0.3) is 65.2 Å². The zero-order valence-electron chi connectivity index (χ0n) is 35.9. The van der Waals surface area contributed by atoms with Crippen LogP contribution in [-0.4, -0.2) is 15.1 Å². The number of hydrogen-bond donors (Lipinski definition) is 1. The van der Waals surface area contributed by atoms with Gasteiger partial charge in [0.05, 0.1) is 27.5 Å². The molecular formula is C52H58N2OS. The molecule has 0 radical (unpaired) electrons. The van der Waals surface area contributed by atoms with Crippen LogP contribution in [0.15, 0.2) is 91.0 Å². The van der Waals surface area contributed by atoms with E-state index in [1.807, 2.05) is 11.3 Å². The average molecular weight is 759 g/mol. The summed E-state index contributed by atoms with van der Waals surface area (Å²) in [6, 6.07) is 33.3. The SMILES string of the molecule is Cc1cc(-c2cc3cc(-c4ccc(C(C)(C)C)cc4C)sc3c(-c3cc(C(C)(C)C)c4ccccc4c3)n2)nc(-c2cc(C(C)(C)C)cc(C(C)(C)C)c2O)c1. The number of nitrogens with zero attached hydrogens (tertiary/aromatic N) is 2. The molecule has 56 heavy (non-hydrogen) atoms. The van der Waals surface area contributed by atoms with Crippen molar-refractivity contribution < 1.29 is 5.11 Å². The molecule has 0 spiro atoms. The lowest BCUT2D eigenvalue weighted by Crippen LogP contribution is -2.17. The van der Waals surface area contributed by atoms with Crippen molar-refractivity contribution in [2.45, 2.75) is 119 Å². The molecule has 3 heterocycles. The largest absolute Gasteiger partial charge is 0.507 e. The number of thiophene rings is 1. The summed E-state index contributed by atoms with van der Waals surface area (Å²) >= 11 is 1.82. The maximum atomic E-state index is 11.9. The van der Waals surface area contributed by atoms with Gasteiger partial charge in [-0.1, -0.05) is 132 Å². The zero-order chi connectivity index (χ0) is 40.7. The molecule has 0 amide bonds. The van der Waals surface area contributed by atoms with Crippen molar-refractivity contribution in [3.8, 4) is 50.1 Å². The quantitative estimate of drug-likeness (QED) is 0.194. The molecule has 0 unspecified atom stereocenters. The molecule has 3 nitrogen and oxygen atoms in total. The van der Waals surface area contributed by atoms with Crippen LogP contribution in [-0.2, 0) is 21.7 Å². The summed E-state index contributed by atoms with van der Waals surface area (Å²) in [6.07, 6.45) is 0. The first kappa shape index (κ1) is 39.4. The number of aromatic hydroxyl groups is 1. The van der Waals surface area contributed by atoms with Crippen LogP contribution >= 0.6 is 11.3 Å². The predicted molar refractivity (Wildman–Crippen MR) is 243 cm³/mol. The van der Waals surface area contributed by atoms with Crippen molar-refractivity contribution in [1.29, 1.82) is 0 Å². The number of benzene rings is 4. The van der Waals surface area contributed by atoms with Gasteiger partial charge in [0, 0.05) is 21.6 Å². The fourth-order valence-corrected chi connectivity index (χ4v) is 8.99. The third-order valence-electron chi connectivity index (χ3n) is 11.1. The van der Waals surface area contributed by atoms with Crippen LogP contribution in [0, 0.1) is 13.8 Å². The standard InChI is InChI=1S/C52H58N2OS/c1-30-21-42(39-28-36(50(6,7)8)29-41(47(39)55)52(12,13)14)53-43(22-30)44-26-34-27-45(37-20-19-35(23-31(37)2)49(3,4)5)56-48(34)46(54-44)33-24-32-17-15-16-18-38(32)40(25-33)51(9,10)11/h15-29,55H,1-14H3. The molecular weight excluding hydrogens is 701 g/mol. The highest BCUT2D eigenvalue weighted by molar-refractivity contribution is 7.22. The van der Waals surface area contributed by atoms with Crippen molar-refractivity contribution in [3.63, 3.8) is 0 Å². The first-order valence-corrected chi connectivity index (χ1v) is 20.8. The number of fused-ring (bicyclic) bond motifs is 2. The lowest BCUT2D eigenvalue weighted by Gasteiger charge is -2.27. The Labute approximate surface area is 338 Å². The third kappa shape index (κ3) is 7.53. The van der Waals surface area contributed by atoms with E-state index in [1.54, 1.807) is 0 Å². The average Bonchev–Trinajstić information content (AvgIpc) is 3.52. The van der Waals surface area contributed by atoms with E-state index in [4.69, 9.17) is 9.97 Å². The molecule has 7 rings (SSSR count). The van der Waals surface area contributed by atoms with E-state index < -0.39 is 0 Å². The second-order valence-corrected chi connectivity index (χ2v) is 21.0. The molecule has 0 saturated carbocycles. The van der Waals surface area contributed by atoms with Gasteiger partial charge in [0.1, 0.15) is 5.75 Å². The summed E-state index contributed by atoms with van der Waals surface area (Å²) in [4.78, 5) is 12.1. The Morgan fingerprint density at radius 3 is 1.80 bits per heavy atom. The van der Waals surface area contributed by atoms with Crippen molar-refractivity contribution in [2.24, 2.45) is 0 Å². The topological polar surface area (TPSA) is 46.0 Å². The maximum Gasteiger partial charge on any atom is 0.128 e. The number of phenols is 1. The van der Waals surface area contributed by atoms with E-state index >= 15 is 0 Å². The Balaban J connectivity index is 1.50. The van der Waals surface area contributed by atoms with Gasteiger partial charge in [0.25, 0.3) is 0 Å². The van der Waals surface area contributed by atoms with E-state index in [-0.39, 0.29) is 21.7 Å². The molecule has 0 aliphatic rings. The van der Waals surface area contributed by atoms with E-state index in [0.29, 0.717) is 5.75 Å². The van der Waals surface area contributed by atoms with Gasteiger partial charge in [-0.2, -0.15) is 0 Å². The number of rotatable bonds is 4. The normalized spacial score (nSPS) is 12.9. The fraction of sp³-hybridized carbons (Fsp3) is 0.346. The van der Waals surface area contributed by atoms with Gasteiger partial charge in [0.2, 0.25) is 0 Å². The lowest BCUT2D eigenvalue weighted by molar-refractivity contribution is 0.446. The van der Waals surface area contributed by atoms with Gasteiger partial charge >= 0.3 is 0 Å². The molecule has 1 N–H and O–H groups in total. The van der Waals surface area contributed by atoms with Crippen LogP contribution in [0.4, 0.5) is 0 Å². The smallest absolute Gasteiger partial charge is 0.128 e. The van der Waals surface area contributed by atoms with E-state index in [9.17, 15) is 5.11 Å². The zero-order valence-corrected chi connectivity index (χ0v) is 36.7. The molecule has 0 atom stereocenters. The van der Waals surface area contributed by atoms with Gasteiger partial charge in [0.15, 0.2) is 0 Å². The van der Waals surface area contributed by atoms with Crippen LogP contribution in [0.5, 0.6) is 5.75 Å². The van der Waals surface area contributed by atoms with Gasteiger partial charge < -0.3 is 5.11 Å². The van der Waals surface area contributed by atoms with E-state index in [2.05, 4.69) is 188 Å². The third-order valence-corrected chi connectivity index (χ3v) is 12.3. The van der Waals surface area contributed by atoms with Crippen LogP contribution in [0.2, 0.25) is 0 Å². The molecule has 0 fully saturated rings. The fourth-order valence-electron chi connectivity index (χ4n) is 7.75. The first-order valence-electron chi connectivity index (χ1n) is 20.0. The van der Waals surface area contributed by atoms with Crippen LogP contribution in [0.1, 0.15) is 116 Å². The summed E-state index contributed by atoms with van der Waals surface area (Å²) in [5.41, 5.74) is 13.2. The monoisotopic (exact) mass is 758 g/mol. The van der Waals surface area contributed by atoms with Crippen molar-refractivity contribution in [1.82, 2.24) is 9.97 Å². The Bertz CT molecular complexity index is 2650. The Hall–Kier alpha value is -4.80. The van der Waals surface area contributed by atoms with Crippen LogP contribution < -0.4 is 0 Å². The minimum atomic E-state index is -0.248. The molecule has 0 aliphatic heterocycles. The number of aryl methyl sites for hydroxylation is 2. The lowest BCUT2D eigenvalue weighted by atomic mass is 9.78. The summed E-state index contributed by atoms with van der Waals surface area (Å²) in [5, 5.41) is 15.5. The second kappa shape index (κ2) is 13.7. The molecule has 288 valence electrons. The Morgan fingerprint density at radius 2 is 1.16 bits per heavy atom.